The molecule has 1 aromatic rings. The summed E-state index contributed by atoms with van der Waals surface area (Å²) in [6, 6.07) is 7.06. The molecule has 2 atom stereocenters. The lowest BCUT2D eigenvalue weighted by Crippen LogP contribution is -2.46. The molecule has 2 heterocycles. The van der Waals surface area contributed by atoms with Crippen molar-refractivity contribution in [2.24, 2.45) is 0 Å². The van der Waals surface area contributed by atoms with Gasteiger partial charge >= 0.3 is 0 Å². The topological polar surface area (TPSA) is 23.5 Å². The molecule has 18 heavy (non-hydrogen) atoms. The number of rotatable bonds is 1. The van der Waals surface area contributed by atoms with Crippen molar-refractivity contribution in [1.29, 1.82) is 0 Å². The number of fused-ring (bicyclic) bond motifs is 1. The summed E-state index contributed by atoms with van der Waals surface area (Å²) in [6.07, 6.45) is 4.35. The van der Waals surface area contributed by atoms with Gasteiger partial charge in [-0.15, -0.1) is 0 Å². The van der Waals surface area contributed by atoms with E-state index in [-0.39, 0.29) is 0 Å². The zero-order valence-corrected chi connectivity index (χ0v) is 11.4. The molecule has 0 spiro atoms. The fourth-order valence-corrected chi connectivity index (χ4v) is 3.72. The third-order valence-corrected chi connectivity index (χ3v) is 4.78. The van der Waals surface area contributed by atoms with Gasteiger partial charge in [-0.2, -0.15) is 0 Å². The van der Waals surface area contributed by atoms with Crippen LogP contribution in [-0.2, 0) is 5.60 Å². The van der Waals surface area contributed by atoms with Gasteiger partial charge < -0.3 is 10.0 Å². The molecule has 98 valence electrons. The minimum absolute atomic E-state index is 0.596. The number of aryl methyl sites for hydroxylation is 2. The first-order valence-corrected chi connectivity index (χ1v) is 7.13. The third-order valence-electron chi connectivity index (χ3n) is 4.78. The fourth-order valence-electron chi connectivity index (χ4n) is 3.72. The van der Waals surface area contributed by atoms with Crippen LogP contribution in [0.15, 0.2) is 18.2 Å². The van der Waals surface area contributed by atoms with Crippen LogP contribution in [0.4, 0.5) is 0 Å². The maximum Gasteiger partial charge on any atom is 0.0926 e. The SMILES string of the molecule is Cc1ccc(C)c(C2(O)CCN3CCCC3C2)c1. The van der Waals surface area contributed by atoms with E-state index in [1.54, 1.807) is 0 Å². The van der Waals surface area contributed by atoms with E-state index in [0.717, 1.165) is 24.9 Å². The number of hydrogen-bond acceptors (Lipinski definition) is 2. The zero-order valence-electron chi connectivity index (χ0n) is 11.4. The molecule has 2 unspecified atom stereocenters. The Kier molecular flexibility index (Phi) is 2.95. The average Bonchev–Trinajstić information content (AvgIpc) is 2.79. The van der Waals surface area contributed by atoms with Gasteiger partial charge in [-0.1, -0.05) is 23.8 Å². The molecule has 0 radical (unpaired) electrons. The van der Waals surface area contributed by atoms with Gasteiger partial charge in [-0.05, 0) is 57.2 Å². The molecule has 2 aliphatic heterocycles. The normalized spacial score (nSPS) is 32.5. The molecule has 0 bridgehead atoms. The quantitative estimate of drug-likeness (QED) is 0.822. The lowest BCUT2D eigenvalue weighted by Gasteiger charge is -2.42. The van der Waals surface area contributed by atoms with Gasteiger partial charge in [0.25, 0.3) is 0 Å². The predicted molar refractivity (Wildman–Crippen MR) is 73.6 cm³/mol. The molecule has 1 N–H and O–H groups in total. The second-order valence-electron chi connectivity index (χ2n) is 6.14. The van der Waals surface area contributed by atoms with Crippen LogP contribution in [0.5, 0.6) is 0 Å². The van der Waals surface area contributed by atoms with Gasteiger partial charge in [-0.3, -0.25) is 0 Å². The molecule has 2 aliphatic rings. The van der Waals surface area contributed by atoms with Crippen molar-refractivity contribution >= 4 is 0 Å². The number of benzene rings is 1. The smallest absolute Gasteiger partial charge is 0.0926 e. The van der Waals surface area contributed by atoms with Gasteiger partial charge in [0.05, 0.1) is 5.60 Å². The fraction of sp³-hybridized carbons (Fsp3) is 0.625. The van der Waals surface area contributed by atoms with Crippen molar-refractivity contribution < 1.29 is 5.11 Å². The molecular formula is C16H23NO. The van der Waals surface area contributed by atoms with Crippen molar-refractivity contribution in [1.82, 2.24) is 4.90 Å². The molecule has 3 rings (SSSR count). The Bertz CT molecular complexity index is 456. The van der Waals surface area contributed by atoms with Gasteiger partial charge in [0.1, 0.15) is 0 Å². The van der Waals surface area contributed by atoms with Crippen LogP contribution in [0.2, 0.25) is 0 Å². The van der Waals surface area contributed by atoms with E-state index in [2.05, 4.69) is 36.9 Å². The first-order valence-electron chi connectivity index (χ1n) is 7.13. The van der Waals surface area contributed by atoms with Crippen LogP contribution in [0.1, 0.15) is 42.4 Å². The average molecular weight is 245 g/mol. The van der Waals surface area contributed by atoms with E-state index in [4.69, 9.17) is 0 Å². The summed E-state index contributed by atoms with van der Waals surface area (Å²) in [5.74, 6) is 0. The van der Waals surface area contributed by atoms with Crippen molar-refractivity contribution in [2.75, 3.05) is 13.1 Å². The number of piperidine rings is 1. The summed E-state index contributed by atoms with van der Waals surface area (Å²) in [5.41, 5.74) is 3.04. The Morgan fingerprint density at radius 1 is 1.28 bits per heavy atom. The Morgan fingerprint density at radius 3 is 2.94 bits per heavy atom. The highest BCUT2D eigenvalue weighted by Crippen LogP contribution is 2.40. The molecule has 0 saturated carbocycles. The van der Waals surface area contributed by atoms with Crippen LogP contribution in [0, 0.1) is 13.8 Å². The molecule has 0 aromatic heterocycles. The lowest BCUT2D eigenvalue weighted by atomic mass is 9.79. The van der Waals surface area contributed by atoms with Crippen LogP contribution < -0.4 is 0 Å². The minimum Gasteiger partial charge on any atom is -0.385 e. The molecule has 0 amide bonds. The highest BCUT2D eigenvalue weighted by atomic mass is 16.3. The van der Waals surface area contributed by atoms with Crippen molar-refractivity contribution in [3.05, 3.63) is 34.9 Å². The summed E-state index contributed by atoms with van der Waals surface area (Å²) in [4.78, 5) is 2.56. The predicted octanol–water partition coefficient (Wildman–Crippen LogP) is 2.75. The van der Waals surface area contributed by atoms with Gasteiger partial charge in [0.2, 0.25) is 0 Å². The standard InChI is InChI=1S/C16H23NO/c1-12-5-6-13(2)15(10-12)16(18)7-9-17-8-3-4-14(17)11-16/h5-6,10,14,18H,3-4,7-9,11H2,1-2H3. The molecule has 0 aliphatic carbocycles. The summed E-state index contributed by atoms with van der Waals surface area (Å²) in [7, 11) is 0. The summed E-state index contributed by atoms with van der Waals surface area (Å²) < 4.78 is 0. The first-order chi connectivity index (χ1) is 8.58. The van der Waals surface area contributed by atoms with Crippen LogP contribution in [-0.4, -0.2) is 29.1 Å². The third kappa shape index (κ3) is 1.98. The molecule has 2 fully saturated rings. The second kappa shape index (κ2) is 4.36. The van der Waals surface area contributed by atoms with E-state index in [1.165, 1.54) is 30.5 Å². The molecule has 2 nitrogen and oxygen atoms in total. The highest BCUT2D eigenvalue weighted by Gasteiger charge is 2.41. The maximum atomic E-state index is 11.1. The number of aliphatic hydroxyl groups is 1. The molecule has 1 aromatic carbocycles. The Hall–Kier alpha value is -0.860. The van der Waals surface area contributed by atoms with Crippen molar-refractivity contribution in [3.8, 4) is 0 Å². The summed E-state index contributed by atoms with van der Waals surface area (Å²) in [6.45, 7) is 6.51. The second-order valence-corrected chi connectivity index (χ2v) is 6.14. The summed E-state index contributed by atoms with van der Waals surface area (Å²) in [5, 5.41) is 11.1. The molecule has 2 saturated heterocycles. The lowest BCUT2D eigenvalue weighted by molar-refractivity contribution is -0.0413. The van der Waals surface area contributed by atoms with Crippen molar-refractivity contribution in [3.63, 3.8) is 0 Å². The van der Waals surface area contributed by atoms with E-state index in [0.29, 0.717) is 6.04 Å². The highest BCUT2D eigenvalue weighted by molar-refractivity contribution is 5.35. The Balaban J connectivity index is 1.92. The van der Waals surface area contributed by atoms with Crippen LogP contribution in [0.3, 0.4) is 0 Å². The van der Waals surface area contributed by atoms with Crippen LogP contribution in [0.25, 0.3) is 0 Å². The minimum atomic E-state index is -0.596. The molecular weight excluding hydrogens is 222 g/mol. The van der Waals surface area contributed by atoms with Gasteiger partial charge in [0, 0.05) is 12.6 Å². The van der Waals surface area contributed by atoms with E-state index < -0.39 is 5.60 Å². The molecule has 2 heteroatoms. The van der Waals surface area contributed by atoms with Gasteiger partial charge in [-0.25, -0.2) is 0 Å². The maximum absolute atomic E-state index is 11.1. The Morgan fingerprint density at radius 2 is 2.11 bits per heavy atom. The van der Waals surface area contributed by atoms with E-state index >= 15 is 0 Å². The zero-order chi connectivity index (χ0) is 12.8. The number of nitrogens with zero attached hydrogens (tertiary/aromatic N) is 1. The van der Waals surface area contributed by atoms with Gasteiger partial charge in [0.15, 0.2) is 0 Å². The number of hydrogen-bond donors (Lipinski definition) is 1. The van der Waals surface area contributed by atoms with Crippen LogP contribution >= 0.6 is 0 Å². The monoisotopic (exact) mass is 245 g/mol. The van der Waals surface area contributed by atoms with E-state index in [1.807, 2.05) is 0 Å². The van der Waals surface area contributed by atoms with Crippen molar-refractivity contribution in [2.45, 2.75) is 51.2 Å². The largest absolute Gasteiger partial charge is 0.385 e. The summed E-state index contributed by atoms with van der Waals surface area (Å²) >= 11 is 0. The van der Waals surface area contributed by atoms with E-state index in [9.17, 15) is 5.11 Å². The Labute approximate surface area is 110 Å². The first kappa shape index (κ1) is 12.2.